The number of carbonyl (C=O) groups excluding carboxylic acids is 3. The van der Waals surface area contributed by atoms with Gasteiger partial charge in [-0.25, -0.2) is 13.6 Å². The van der Waals surface area contributed by atoms with E-state index in [9.17, 15) is 23.2 Å². The van der Waals surface area contributed by atoms with Gasteiger partial charge in [0.25, 0.3) is 5.91 Å². The van der Waals surface area contributed by atoms with Crippen LogP contribution >= 0.6 is 11.3 Å². The van der Waals surface area contributed by atoms with Gasteiger partial charge < -0.3 is 21.5 Å². The third-order valence-electron chi connectivity index (χ3n) is 5.94. The first kappa shape index (κ1) is 28.3. The number of hydrogen-bond donors (Lipinski definition) is 4. The first-order valence-corrected chi connectivity index (χ1v) is 13.0. The van der Waals surface area contributed by atoms with E-state index in [0.717, 1.165) is 49.2 Å². The maximum absolute atomic E-state index is 14.8. The monoisotopic (exact) mass is 534 g/mol. The number of amides is 3. The number of primary amides is 2. The van der Waals surface area contributed by atoms with E-state index < -0.39 is 29.6 Å². The molecule has 1 aliphatic carbocycles. The molecule has 6 N–H and O–H groups in total. The highest BCUT2D eigenvalue weighted by Gasteiger charge is 2.25. The van der Waals surface area contributed by atoms with Crippen molar-refractivity contribution in [2.24, 2.45) is 17.4 Å². The minimum atomic E-state index is -0.898. The summed E-state index contributed by atoms with van der Waals surface area (Å²) in [6.45, 7) is 4.23. The second-order valence-electron chi connectivity index (χ2n) is 9.40. The molecule has 1 saturated carbocycles. The molecule has 200 valence electrons. The molecule has 1 atom stereocenters. The molecule has 0 aliphatic heterocycles. The lowest BCUT2D eigenvalue weighted by Crippen LogP contribution is -2.40. The predicted molar refractivity (Wildman–Crippen MR) is 140 cm³/mol. The molecule has 0 bridgehead atoms. The molecule has 1 aromatic carbocycles. The van der Waals surface area contributed by atoms with E-state index in [1.54, 1.807) is 6.08 Å². The van der Waals surface area contributed by atoms with Gasteiger partial charge in [0.1, 0.15) is 28.8 Å². The fourth-order valence-electron chi connectivity index (χ4n) is 4.18. The van der Waals surface area contributed by atoms with Crippen LogP contribution in [0.2, 0.25) is 0 Å². The van der Waals surface area contributed by atoms with Crippen LogP contribution in [0.3, 0.4) is 0 Å². The van der Waals surface area contributed by atoms with Crippen molar-refractivity contribution in [3.05, 3.63) is 47.0 Å². The molecule has 1 heterocycles. The molecule has 0 radical (unpaired) electrons. The summed E-state index contributed by atoms with van der Waals surface area (Å²) in [5.74, 6) is -2.49. The molecule has 0 unspecified atom stereocenters. The lowest BCUT2D eigenvalue weighted by atomic mass is 10.0. The largest absolute Gasteiger partial charge is 0.461 e. The van der Waals surface area contributed by atoms with Gasteiger partial charge in [-0.15, -0.1) is 11.3 Å². The van der Waals surface area contributed by atoms with Gasteiger partial charge in [-0.2, -0.15) is 0 Å². The number of urea groups is 1. The number of esters is 1. The number of rotatable bonds is 11. The molecule has 1 aromatic heterocycles. The lowest BCUT2D eigenvalue weighted by molar-refractivity contribution is -0.151. The molecule has 37 heavy (non-hydrogen) atoms. The zero-order valence-electron chi connectivity index (χ0n) is 20.8. The van der Waals surface area contributed by atoms with Gasteiger partial charge in [0.15, 0.2) is 0 Å². The number of anilines is 1. The number of hydrogen-bond acceptors (Lipinski definition) is 6. The SMILES string of the molecule is CC(C)C[C@H](NC/C=C/c1c(F)cc(-c2cc(C(N)=O)c(NC(N)=O)s2)cc1F)C(=O)OC1CCCC1. The number of ether oxygens (including phenoxy) is 1. The maximum Gasteiger partial charge on any atom is 0.323 e. The van der Waals surface area contributed by atoms with Gasteiger partial charge in [0, 0.05) is 17.0 Å². The molecule has 0 spiro atoms. The number of thiophene rings is 1. The van der Waals surface area contributed by atoms with Gasteiger partial charge in [-0.1, -0.05) is 26.0 Å². The summed E-state index contributed by atoms with van der Waals surface area (Å²) < 4.78 is 35.3. The van der Waals surface area contributed by atoms with E-state index >= 15 is 0 Å². The molecular formula is C26H32F2N4O4S. The Bertz CT molecular complexity index is 1150. The smallest absolute Gasteiger partial charge is 0.323 e. The number of benzene rings is 1. The van der Waals surface area contributed by atoms with Gasteiger partial charge in [0.2, 0.25) is 0 Å². The molecule has 3 rings (SSSR count). The van der Waals surface area contributed by atoms with Crippen LogP contribution in [0.15, 0.2) is 24.3 Å². The van der Waals surface area contributed by atoms with Crippen molar-refractivity contribution in [2.45, 2.75) is 58.1 Å². The van der Waals surface area contributed by atoms with Crippen molar-refractivity contribution in [3.63, 3.8) is 0 Å². The van der Waals surface area contributed by atoms with Crippen LogP contribution < -0.4 is 22.1 Å². The standard InChI is InChI=1S/C26H32F2N4O4S/c1-14(2)10-21(25(34)36-16-6-3-4-7-16)31-9-5-8-17-19(27)11-15(12-20(17)28)22-13-18(23(29)33)24(37-22)32-26(30)35/h5,8,11-14,16,21,31H,3-4,6-7,9-10H2,1-2H3,(H2,29,33)(H3,30,32,35)/b8-5+/t21-/m0/s1. The Balaban J connectivity index is 1.70. The quantitative estimate of drug-likeness (QED) is 0.307. The Kier molecular flexibility index (Phi) is 9.76. The summed E-state index contributed by atoms with van der Waals surface area (Å²) in [4.78, 5) is 35.8. The number of carbonyl (C=O) groups is 3. The Morgan fingerprint density at radius 3 is 2.35 bits per heavy atom. The summed E-state index contributed by atoms with van der Waals surface area (Å²) in [6.07, 6.45) is 7.28. The molecule has 2 aromatic rings. The molecule has 3 amide bonds. The van der Waals surface area contributed by atoms with Crippen LogP contribution in [0.1, 0.15) is 61.9 Å². The highest BCUT2D eigenvalue weighted by Crippen LogP contribution is 2.36. The van der Waals surface area contributed by atoms with Crippen LogP contribution in [0.5, 0.6) is 0 Å². The fourth-order valence-corrected chi connectivity index (χ4v) is 5.23. The fraction of sp³-hybridized carbons (Fsp3) is 0.423. The number of nitrogens with one attached hydrogen (secondary N) is 2. The number of halogens is 2. The van der Waals surface area contributed by atoms with Crippen LogP contribution in [0.4, 0.5) is 18.6 Å². The first-order chi connectivity index (χ1) is 17.5. The topological polar surface area (TPSA) is 137 Å². The zero-order chi connectivity index (χ0) is 27.1. The van der Waals surface area contributed by atoms with Crippen LogP contribution in [0.25, 0.3) is 16.5 Å². The van der Waals surface area contributed by atoms with Gasteiger partial charge >= 0.3 is 12.0 Å². The molecule has 1 fully saturated rings. The van der Waals surface area contributed by atoms with E-state index in [1.165, 1.54) is 12.1 Å². The Morgan fingerprint density at radius 2 is 1.78 bits per heavy atom. The summed E-state index contributed by atoms with van der Waals surface area (Å²) in [5, 5.41) is 5.49. The van der Waals surface area contributed by atoms with Crippen LogP contribution in [0, 0.1) is 17.6 Å². The predicted octanol–water partition coefficient (Wildman–Crippen LogP) is 4.79. The van der Waals surface area contributed by atoms with E-state index in [1.807, 2.05) is 13.8 Å². The summed E-state index contributed by atoms with van der Waals surface area (Å²) in [5.41, 5.74) is 10.3. The molecule has 1 aliphatic rings. The van der Waals surface area contributed by atoms with Gasteiger partial charge in [0.05, 0.1) is 5.56 Å². The minimum absolute atomic E-state index is 0.0166. The second-order valence-corrected chi connectivity index (χ2v) is 10.4. The van der Waals surface area contributed by atoms with E-state index in [2.05, 4.69) is 10.6 Å². The van der Waals surface area contributed by atoms with E-state index in [-0.39, 0.29) is 46.2 Å². The molecular weight excluding hydrogens is 502 g/mol. The van der Waals surface area contributed by atoms with Crippen molar-refractivity contribution in [2.75, 3.05) is 11.9 Å². The Hall–Kier alpha value is -3.31. The molecule has 11 heteroatoms. The molecule has 8 nitrogen and oxygen atoms in total. The van der Waals surface area contributed by atoms with Crippen molar-refractivity contribution in [3.8, 4) is 10.4 Å². The van der Waals surface area contributed by atoms with Gasteiger partial charge in [-0.3, -0.25) is 14.9 Å². The highest BCUT2D eigenvalue weighted by atomic mass is 32.1. The average Bonchev–Trinajstić information content (AvgIpc) is 3.46. The molecule has 0 saturated heterocycles. The normalized spacial score (nSPS) is 14.8. The third-order valence-corrected chi connectivity index (χ3v) is 7.04. The maximum atomic E-state index is 14.8. The van der Waals surface area contributed by atoms with Crippen molar-refractivity contribution in [1.29, 1.82) is 0 Å². The third kappa shape index (κ3) is 7.83. The van der Waals surface area contributed by atoms with Crippen LogP contribution in [-0.2, 0) is 9.53 Å². The summed E-state index contributed by atoms with van der Waals surface area (Å²) in [6, 6.07) is 2.18. The number of nitrogens with two attached hydrogens (primary N) is 2. The highest BCUT2D eigenvalue weighted by molar-refractivity contribution is 7.20. The van der Waals surface area contributed by atoms with Crippen molar-refractivity contribution < 1.29 is 27.9 Å². The Labute approximate surface area is 218 Å². The van der Waals surface area contributed by atoms with Crippen molar-refractivity contribution in [1.82, 2.24) is 5.32 Å². The van der Waals surface area contributed by atoms with Crippen LogP contribution in [-0.4, -0.2) is 36.6 Å². The first-order valence-electron chi connectivity index (χ1n) is 12.1. The van der Waals surface area contributed by atoms with Crippen molar-refractivity contribution >= 4 is 40.3 Å². The lowest BCUT2D eigenvalue weighted by Gasteiger charge is -2.21. The summed E-state index contributed by atoms with van der Waals surface area (Å²) >= 11 is 0.918. The zero-order valence-corrected chi connectivity index (χ0v) is 21.6. The van der Waals surface area contributed by atoms with E-state index in [0.29, 0.717) is 11.3 Å². The second kappa shape index (κ2) is 12.8. The Morgan fingerprint density at radius 1 is 1.14 bits per heavy atom. The van der Waals surface area contributed by atoms with Gasteiger partial charge in [-0.05, 0) is 61.8 Å². The average molecular weight is 535 g/mol. The minimum Gasteiger partial charge on any atom is -0.461 e. The summed E-state index contributed by atoms with van der Waals surface area (Å²) in [7, 11) is 0. The van der Waals surface area contributed by atoms with E-state index in [4.69, 9.17) is 16.2 Å².